The van der Waals surface area contributed by atoms with Crippen LogP contribution in [-0.2, 0) is 14.1 Å². The molecule has 0 unspecified atom stereocenters. The maximum absolute atomic E-state index is 6.19. The lowest BCUT2D eigenvalue weighted by Gasteiger charge is -2.05. The van der Waals surface area contributed by atoms with Gasteiger partial charge in [-0.3, -0.25) is 9.36 Å². The summed E-state index contributed by atoms with van der Waals surface area (Å²) < 4.78 is 8.62. The summed E-state index contributed by atoms with van der Waals surface area (Å²) in [5.74, 6) is 1.43. The minimum absolute atomic E-state index is 0.624. The Hall–Kier alpha value is -2.76. The quantitative estimate of drug-likeness (QED) is 0.799. The Morgan fingerprint density at radius 2 is 1.81 bits per heavy atom. The van der Waals surface area contributed by atoms with E-state index in [4.69, 9.17) is 10.5 Å². The molecule has 0 amide bonds. The van der Waals surface area contributed by atoms with Crippen LogP contribution in [0.5, 0.6) is 5.75 Å². The molecule has 0 saturated carbocycles. The van der Waals surface area contributed by atoms with Crippen LogP contribution in [0.15, 0.2) is 36.7 Å². The van der Waals surface area contributed by atoms with Crippen molar-refractivity contribution in [1.29, 1.82) is 0 Å². The summed E-state index contributed by atoms with van der Waals surface area (Å²) in [5, 5.41) is 8.72. The molecule has 0 aliphatic heterocycles. The van der Waals surface area contributed by atoms with E-state index in [1.165, 1.54) is 0 Å². The first-order valence-corrected chi connectivity index (χ1v) is 6.56. The van der Waals surface area contributed by atoms with Gasteiger partial charge in [-0.15, -0.1) is 0 Å². The van der Waals surface area contributed by atoms with E-state index in [-0.39, 0.29) is 0 Å². The van der Waals surface area contributed by atoms with Gasteiger partial charge < -0.3 is 10.5 Å². The lowest BCUT2D eigenvalue weighted by atomic mass is 10.0. The number of hydrogen-bond acceptors (Lipinski definition) is 4. The summed E-state index contributed by atoms with van der Waals surface area (Å²) in [5.41, 5.74) is 9.87. The number of aryl methyl sites for hydroxylation is 2. The third kappa shape index (κ3) is 2.24. The van der Waals surface area contributed by atoms with Crippen molar-refractivity contribution in [3.63, 3.8) is 0 Å². The van der Waals surface area contributed by atoms with Crippen molar-refractivity contribution < 1.29 is 4.74 Å². The highest BCUT2D eigenvalue weighted by Crippen LogP contribution is 2.36. The minimum atomic E-state index is 0.624. The van der Waals surface area contributed by atoms with E-state index in [2.05, 4.69) is 10.2 Å². The normalized spacial score (nSPS) is 10.8. The molecule has 3 rings (SSSR count). The number of nitrogens with zero attached hydrogens (tertiary/aromatic N) is 4. The summed E-state index contributed by atoms with van der Waals surface area (Å²) in [6.07, 6.45) is 3.71. The second kappa shape index (κ2) is 4.97. The van der Waals surface area contributed by atoms with Gasteiger partial charge in [0.2, 0.25) is 0 Å². The van der Waals surface area contributed by atoms with Crippen LogP contribution < -0.4 is 10.5 Å². The van der Waals surface area contributed by atoms with Crippen LogP contribution in [0.1, 0.15) is 0 Å². The SMILES string of the molecule is COc1ccc(-c2c(-c3cnn(C)c3)nn(C)c2N)cc1. The largest absolute Gasteiger partial charge is 0.497 e. The van der Waals surface area contributed by atoms with Crippen LogP contribution in [0, 0.1) is 0 Å². The molecule has 3 aromatic rings. The predicted octanol–water partition coefficient (Wildman–Crippen LogP) is 2.08. The summed E-state index contributed by atoms with van der Waals surface area (Å²) in [7, 11) is 5.36. The zero-order chi connectivity index (χ0) is 15.0. The molecule has 0 aliphatic rings. The van der Waals surface area contributed by atoms with Crippen LogP contribution in [0.2, 0.25) is 0 Å². The Labute approximate surface area is 122 Å². The number of nitrogen functional groups attached to an aromatic ring is 1. The van der Waals surface area contributed by atoms with Crippen molar-refractivity contribution in [2.24, 2.45) is 14.1 Å². The fraction of sp³-hybridized carbons (Fsp3) is 0.200. The minimum Gasteiger partial charge on any atom is -0.497 e. The summed E-state index contributed by atoms with van der Waals surface area (Å²) >= 11 is 0. The Kier molecular flexibility index (Phi) is 3.13. The van der Waals surface area contributed by atoms with Gasteiger partial charge in [0.15, 0.2) is 0 Å². The van der Waals surface area contributed by atoms with E-state index in [1.54, 1.807) is 22.7 Å². The number of nitrogens with two attached hydrogens (primary N) is 1. The molecule has 0 radical (unpaired) electrons. The molecular weight excluding hydrogens is 266 g/mol. The van der Waals surface area contributed by atoms with E-state index >= 15 is 0 Å². The van der Waals surface area contributed by atoms with Crippen molar-refractivity contribution >= 4 is 5.82 Å². The number of rotatable bonds is 3. The maximum Gasteiger partial charge on any atom is 0.129 e. The van der Waals surface area contributed by atoms with Gasteiger partial charge in [0.05, 0.1) is 18.9 Å². The number of anilines is 1. The standard InChI is InChI=1S/C15H17N5O/c1-19-9-11(8-17-19)14-13(15(16)20(2)18-14)10-4-6-12(21-3)7-5-10/h4-9H,16H2,1-3H3. The van der Waals surface area contributed by atoms with Crippen molar-refractivity contribution in [2.75, 3.05) is 12.8 Å². The van der Waals surface area contributed by atoms with Crippen molar-refractivity contribution in [3.8, 4) is 28.1 Å². The molecule has 2 aromatic heterocycles. The summed E-state index contributed by atoms with van der Waals surface area (Å²) in [6, 6.07) is 7.78. The average Bonchev–Trinajstić information content (AvgIpc) is 3.04. The number of aromatic nitrogens is 4. The Balaban J connectivity index is 2.16. The smallest absolute Gasteiger partial charge is 0.129 e. The van der Waals surface area contributed by atoms with E-state index in [0.717, 1.165) is 28.1 Å². The molecule has 0 fully saturated rings. The molecular formula is C15H17N5O. The van der Waals surface area contributed by atoms with Crippen LogP contribution in [0.25, 0.3) is 22.4 Å². The highest BCUT2D eigenvalue weighted by atomic mass is 16.5. The second-order valence-corrected chi connectivity index (χ2v) is 4.86. The van der Waals surface area contributed by atoms with Gasteiger partial charge in [-0.05, 0) is 17.7 Å². The maximum atomic E-state index is 6.19. The summed E-state index contributed by atoms with van der Waals surface area (Å²) in [4.78, 5) is 0. The molecule has 1 aromatic carbocycles. The zero-order valence-electron chi connectivity index (χ0n) is 12.2. The van der Waals surface area contributed by atoms with Crippen molar-refractivity contribution in [3.05, 3.63) is 36.7 Å². The highest BCUT2D eigenvalue weighted by molar-refractivity contribution is 5.87. The first-order chi connectivity index (χ1) is 10.1. The van der Waals surface area contributed by atoms with Gasteiger partial charge in [-0.2, -0.15) is 10.2 Å². The number of hydrogen-bond donors (Lipinski definition) is 1. The van der Waals surface area contributed by atoms with E-state index < -0.39 is 0 Å². The second-order valence-electron chi connectivity index (χ2n) is 4.86. The fourth-order valence-corrected chi connectivity index (χ4v) is 2.32. The van der Waals surface area contributed by atoms with Crippen molar-refractivity contribution in [1.82, 2.24) is 19.6 Å². The Morgan fingerprint density at radius 1 is 1.10 bits per heavy atom. The number of benzene rings is 1. The lowest BCUT2D eigenvalue weighted by Crippen LogP contribution is -1.98. The monoisotopic (exact) mass is 283 g/mol. The van der Waals surface area contributed by atoms with Gasteiger partial charge in [0, 0.05) is 25.9 Å². The van der Waals surface area contributed by atoms with Gasteiger partial charge in [-0.1, -0.05) is 12.1 Å². The third-order valence-corrected chi connectivity index (χ3v) is 3.45. The molecule has 2 heterocycles. The van der Waals surface area contributed by atoms with Crippen LogP contribution in [0.3, 0.4) is 0 Å². The molecule has 0 atom stereocenters. The van der Waals surface area contributed by atoms with Crippen LogP contribution in [-0.4, -0.2) is 26.7 Å². The van der Waals surface area contributed by atoms with Gasteiger partial charge in [-0.25, -0.2) is 0 Å². The van der Waals surface area contributed by atoms with E-state index in [0.29, 0.717) is 5.82 Å². The Bertz CT molecular complexity index is 770. The average molecular weight is 283 g/mol. The molecule has 0 saturated heterocycles. The molecule has 6 nitrogen and oxygen atoms in total. The topological polar surface area (TPSA) is 70.9 Å². The molecule has 108 valence electrons. The highest BCUT2D eigenvalue weighted by Gasteiger charge is 2.18. The first kappa shape index (κ1) is 13.2. The van der Waals surface area contributed by atoms with Gasteiger partial charge in [0.1, 0.15) is 17.3 Å². The number of ether oxygens (including phenoxy) is 1. The van der Waals surface area contributed by atoms with E-state index in [1.807, 2.05) is 44.6 Å². The molecule has 0 aliphatic carbocycles. The van der Waals surface area contributed by atoms with Crippen LogP contribution >= 0.6 is 0 Å². The van der Waals surface area contributed by atoms with Crippen LogP contribution in [0.4, 0.5) is 5.82 Å². The Morgan fingerprint density at radius 3 is 2.38 bits per heavy atom. The molecule has 6 heteroatoms. The van der Waals surface area contributed by atoms with Gasteiger partial charge in [0.25, 0.3) is 0 Å². The van der Waals surface area contributed by atoms with Gasteiger partial charge >= 0.3 is 0 Å². The van der Waals surface area contributed by atoms with E-state index in [9.17, 15) is 0 Å². The summed E-state index contributed by atoms with van der Waals surface area (Å²) in [6.45, 7) is 0. The molecule has 0 bridgehead atoms. The first-order valence-electron chi connectivity index (χ1n) is 6.56. The predicted molar refractivity (Wildman–Crippen MR) is 81.8 cm³/mol. The molecule has 0 spiro atoms. The molecule has 2 N–H and O–H groups in total. The number of methoxy groups -OCH3 is 1. The third-order valence-electron chi connectivity index (χ3n) is 3.45. The molecule has 21 heavy (non-hydrogen) atoms. The van der Waals surface area contributed by atoms with Crippen molar-refractivity contribution in [2.45, 2.75) is 0 Å². The zero-order valence-corrected chi connectivity index (χ0v) is 12.2. The lowest BCUT2D eigenvalue weighted by molar-refractivity contribution is 0.415. The fourth-order valence-electron chi connectivity index (χ4n) is 2.32.